The Hall–Kier alpha value is -1.81. The molecule has 0 spiro atoms. The van der Waals surface area contributed by atoms with Gasteiger partial charge in [-0.2, -0.15) is 0 Å². The van der Waals surface area contributed by atoms with E-state index >= 15 is 0 Å². The van der Waals surface area contributed by atoms with Crippen LogP contribution in [-0.4, -0.2) is 18.2 Å². The predicted octanol–water partition coefficient (Wildman–Crippen LogP) is 1.85. The maximum atomic E-state index is 11.7. The second kappa shape index (κ2) is 6.31. The van der Waals surface area contributed by atoms with Gasteiger partial charge in [0.1, 0.15) is 17.9 Å². The number of phenols is 1. The number of aromatic hydroxyl groups is 1. The molecule has 1 aliphatic heterocycles. The van der Waals surface area contributed by atoms with Crippen molar-refractivity contribution in [2.45, 2.75) is 38.6 Å². The van der Waals surface area contributed by atoms with Crippen LogP contribution in [0.15, 0.2) is 33.5 Å². The predicted molar refractivity (Wildman–Crippen MR) is 81.6 cm³/mol. The minimum absolute atomic E-state index is 0.126. The van der Waals surface area contributed by atoms with Crippen LogP contribution < -0.4 is 10.5 Å². The highest BCUT2D eigenvalue weighted by molar-refractivity contribution is 5.81. The Morgan fingerprint density at radius 1 is 1.05 bits per heavy atom. The highest BCUT2D eigenvalue weighted by Gasteiger charge is 2.15. The molecule has 3 rings (SSSR count). The summed E-state index contributed by atoms with van der Waals surface area (Å²) in [7, 11) is 0. The van der Waals surface area contributed by atoms with E-state index in [1.54, 1.807) is 12.1 Å². The zero-order valence-corrected chi connectivity index (χ0v) is 12.2. The molecule has 21 heavy (non-hydrogen) atoms. The van der Waals surface area contributed by atoms with E-state index in [1.165, 1.54) is 56.2 Å². The van der Waals surface area contributed by atoms with Gasteiger partial charge in [-0.3, -0.25) is 0 Å². The topological polar surface area (TPSA) is 54.9 Å². The van der Waals surface area contributed by atoms with Crippen LogP contribution in [0.5, 0.6) is 5.75 Å². The Labute approximate surface area is 124 Å². The molecular formula is C17H22NO3+. The average molecular weight is 288 g/mol. The summed E-state index contributed by atoms with van der Waals surface area (Å²) < 4.78 is 5.19. The molecule has 0 unspecified atom stereocenters. The van der Waals surface area contributed by atoms with Crippen LogP contribution in [-0.2, 0) is 6.54 Å². The minimum Gasteiger partial charge on any atom is -0.508 e. The molecule has 0 radical (unpaired) electrons. The van der Waals surface area contributed by atoms with Gasteiger partial charge in [-0.15, -0.1) is 0 Å². The second-order valence-corrected chi connectivity index (χ2v) is 5.97. The number of hydrogen-bond acceptors (Lipinski definition) is 3. The molecule has 1 aliphatic rings. The number of quaternary nitrogens is 1. The van der Waals surface area contributed by atoms with Crippen molar-refractivity contribution in [2.24, 2.45) is 0 Å². The lowest BCUT2D eigenvalue weighted by Gasteiger charge is -2.22. The molecule has 0 bridgehead atoms. The largest absolute Gasteiger partial charge is 0.508 e. The first kappa shape index (κ1) is 14.1. The first-order valence-corrected chi connectivity index (χ1v) is 7.82. The van der Waals surface area contributed by atoms with Gasteiger partial charge in [-0.25, -0.2) is 4.79 Å². The van der Waals surface area contributed by atoms with Crippen molar-refractivity contribution in [3.63, 3.8) is 0 Å². The van der Waals surface area contributed by atoms with Crippen LogP contribution >= 0.6 is 0 Å². The normalized spacial score (nSPS) is 17.5. The Kier molecular flexibility index (Phi) is 4.25. The highest BCUT2D eigenvalue weighted by atomic mass is 16.4. The number of rotatable bonds is 2. The van der Waals surface area contributed by atoms with Crippen molar-refractivity contribution < 1.29 is 14.4 Å². The molecule has 0 saturated carbocycles. The fourth-order valence-corrected chi connectivity index (χ4v) is 3.22. The SMILES string of the molecule is O=c1cc(C[NH+]2CCCCCCC2)c2ccc(O)cc2o1. The van der Waals surface area contributed by atoms with Crippen molar-refractivity contribution in [1.29, 1.82) is 0 Å². The summed E-state index contributed by atoms with van der Waals surface area (Å²) >= 11 is 0. The van der Waals surface area contributed by atoms with Crippen LogP contribution in [0.2, 0.25) is 0 Å². The van der Waals surface area contributed by atoms with E-state index in [-0.39, 0.29) is 11.4 Å². The van der Waals surface area contributed by atoms with E-state index in [2.05, 4.69) is 0 Å². The molecule has 2 heterocycles. The van der Waals surface area contributed by atoms with Gasteiger partial charge in [-0.1, -0.05) is 6.42 Å². The molecule has 112 valence electrons. The lowest BCUT2D eigenvalue weighted by molar-refractivity contribution is -0.914. The smallest absolute Gasteiger partial charge is 0.336 e. The van der Waals surface area contributed by atoms with Crippen LogP contribution in [0.25, 0.3) is 11.0 Å². The van der Waals surface area contributed by atoms with Gasteiger partial charge in [0, 0.05) is 23.1 Å². The van der Waals surface area contributed by atoms with E-state index in [9.17, 15) is 9.90 Å². The standard InChI is InChI=1S/C17H21NO3/c19-14-6-7-15-13(10-17(20)21-16(15)11-14)12-18-8-4-2-1-3-5-9-18/h6-7,10-11,19H,1-5,8-9,12H2/p+1. The Morgan fingerprint density at radius 3 is 2.52 bits per heavy atom. The summed E-state index contributed by atoms with van der Waals surface area (Å²) in [6, 6.07) is 6.61. The molecule has 0 aliphatic carbocycles. The number of nitrogens with one attached hydrogen (secondary N) is 1. The van der Waals surface area contributed by atoms with Crippen molar-refractivity contribution in [3.05, 3.63) is 40.2 Å². The molecule has 1 fully saturated rings. The number of hydrogen-bond donors (Lipinski definition) is 2. The number of benzene rings is 1. The summed E-state index contributed by atoms with van der Waals surface area (Å²) in [6.45, 7) is 3.19. The van der Waals surface area contributed by atoms with Crippen molar-refractivity contribution >= 4 is 11.0 Å². The molecule has 1 aromatic heterocycles. The number of likely N-dealkylation sites (tertiary alicyclic amines) is 1. The lowest BCUT2D eigenvalue weighted by atomic mass is 10.1. The molecule has 1 aromatic carbocycles. The quantitative estimate of drug-likeness (QED) is 0.829. The van der Waals surface area contributed by atoms with E-state index < -0.39 is 0 Å². The monoisotopic (exact) mass is 288 g/mol. The Balaban J connectivity index is 1.90. The summed E-state index contributed by atoms with van der Waals surface area (Å²) in [5.74, 6) is 0.126. The minimum atomic E-state index is -0.338. The maximum Gasteiger partial charge on any atom is 0.336 e. The van der Waals surface area contributed by atoms with Gasteiger partial charge in [-0.05, 0) is 37.8 Å². The fraction of sp³-hybridized carbons (Fsp3) is 0.471. The molecule has 4 heteroatoms. The van der Waals surface area contributed by atoms with Crippen molar-refractivity contribution in [1.82, 2.24) is 0 Å². The summed E-state index contributed by atoms with van der Waals surface area (Å²) in [5, 5.41) is 10.5. The molecule has 0 atom stereocenters. The molecule has 1 saturated heterocycles. The number of fused-ring (bicyclic) bond motifs is 1. The van der Waals surface area contributed by atoms with Gasteiger partial charge in [0.15, 0.2) is 0 Å². The molecule has 4 nitrogen and oxygen atoms in total. The van der Waals surface area contributed by atoms with Crippen molar-refractivity contribution in [2.75, 3.05) is 13.1 Å². The third-order valence-electron chi connectivity index (χ3n) is 4.31. The van der Waals surface area contributed by atoms with E-state index in [0.29, 0.717) is 5.58 Å². The van der Waals surface area contributed by atoms with Gasteiger partial charge < -0.3 is 14.4 Å². The van der Waals surface area contributed by atoms with Crippen LogP contribution in [0.1, 0.15) is 37.7 Å². The first-order valence-electron chi connectivity index (χ1n) is 7.82. The van der Waals surface area contributed by atoms with E-state index in [0.717, 1.165) is 17.5 Å². The summed E-state index contributed by atoms with van der Waals surface area (Å²) in [4.78, 5) is 13.3. The first-order chi connectivity index (χ1) is 10.2. The van der Waals surface area contributed by atoms with Crippen LogP contribution in [0.4, 0.5) is 0 Å². The molecule has 2 aromatic rings. The van der Waals surface area contributed by atoms with Gasteiger partial charge >= 0.3 is 5.63 Å². The lowest BCUT2D eigenvalue weighted by Crippen LogP contribution is -3.10. The Bertz CT molecular complexity index is 669. The average Bonchev–Trinajstić information content (AvgIpc) is 2.40. The van der Waals surface area contributed by atoms with Gasteiger partial charge in [0.2, 0.25) is 0 Å². The molecule has 0 amide bonds. The van der Waals surface area contributed by atoms with Gasteiger partial charge in [0.05, 0.1) is 13.1 Å². The zero-order chi connectivity index (χ0) is 14.7. The fourth-order valence-electron chi connectivity index (χ4n) is 3.22. The molecule has 2 N–H and O–H groups in total. The van der Waals surface area contributed by atoms with E-state index in [4.69, 9.17) is 4.42 Å². The van der Waals surface area contributed by atoms with E-state index in [1.807, 2.05) is 6.07 Å². The highest BCUT2D eigenvalue weighted by Crippen LogP contribution is 2.21. The van der Waals surface area contributed by atoms with Crippen LogP contribution in [0, 0.1) is 0 Å². The van der Waals surface area contributed by atoms with Crippen molar-refractivity contribution in [3.8, 4) is 5.75 Å². The second-order valence-electron chi connectivity index (χ2n) is 5.97. The zero-order valence-electron chi connectivity index (χ0n) is 12.2. The molecular weight excluding hydrogens is 266 g/mol. The van der Waals surface area contributed by atoms with Gasteiger partial charge in [0.25, 0.3) is 0 Å². The Morgan fingerprint density at radius 2 is 1.76 bits per heavy atom. The summed E-state index contributed by atoms with van der Waals surface area (Å²) in [6.07, 6.45) is 6.50. The summed E-state index contributed by atoms with van der Waals surface area (Å²) in [5.41, 5.74) is 1.16. The number of phenolic OH excluding ortho intramolecular Hbond substituents is 1. The van der Waals surface area contributed by atoms with Crippen LogP contribution in [0.3, 0.4) is 0 Å². The third kappa shape index (κ3) is 3.45. The maximum absolute atomic E-state index is 11.7. The third-order valence-corrected chi connectivity index (χ3v) is 4.31.